The molecule has 1 fully saturated rings. The van der Waals surface area contributed by atoms with Crippen molar-refractivity contribution >= 4 is 29.9 Å². The molecule has 1 heterocycles. The zero-order valence-corrected chi connectivity index (χ0v) is 18.6. The van der Waals surface area contributed by atoms with Crippen LogP contribution in [0.15, 0.2) is 29.3 Å². The molecule has 2 rings (SSSR count). The van der Waals surface area contributed by atoms with Gasteiger partial charge in [0.05, 0.1) is 0 Å². The molecule has 160 valence electrons. The predicted octanol–water partition coefficient (Wildman–Crippen LogP) is 2.98. The van der Waals surface area contributed by atoms with E-state index in [1.54, 1.807) is 19.2 Å². The van der Waals surface area contributed by atoms with Crippen LogP contribution in [0.1, 0.15) is 18.4 Å². The summed E-state index contributed by atoms with van der Waals surface area (Å²) in [6, 6.07) is 6.05. The molecule has 0 spiro atoms. The molecule has 0 atom stereocenters. The molecule has 0 unspecified atom stereocenters. The Bertz CT molecular complexity index is 636. The van der Waals surface area contributed by atoms with Crippen LogP contribution < -0.4 is 15.4 Å². The lowest BCUT2D eigenvalue weighted by Crippen LogP contribution is -2.57. The maximum Gasteiger partial charge on any atom is 0.573 e. The average Bonchev–Trinajstić information content (AvgIpc) is 2.62. The molecule has 0 bridgehead atoms. The second-order valence-electron chi connectivity index (χ2n) is 6.67. The second-order valence-corrected chi connectivity index (χ2v) is 6.67. The minimum absolute atomic E-state index is 0. The first-order valence-corrected chi connectivity index (χ1v) is 8.79. The number of halogens is 4. The molecular formula is C18H28F3IN4O2. The van der Waals surface area contributed by atoms with E-state index in [1.165, 1.54) is 12.1 Å². The second kappa shape index (κ2) is 11.1. The molecule has 0 saturated carbocycles. The topological polar surface area (TPSA) is 58.1 Å². The van der Waals surface area contributed by atoms with Gasteiger partial charge < -0.3 is 25.0 Å². The summed E-state index contributed by atoms with van der Waals surface area (Å²) in [5.41, 5.74) is 0.346. The van der Waals surface area contributed by atoms with Crippen LogP contribution in [-0.4, -0.2) is 63.7 Å². The van der Waals surface area contributed by atoms with Gasteiger partial charge in [0.15, 0.2) is 5.96 Å². The lowest BCUT2D eigenvalue weighted by molar-refractivity contribution is -0.274. The van der Waals surface area contributed by atoms with Gasteiger partial charge in [-0.25, -0.2) is 0 Å². The van der Waals surface area contributed by atoms with Crippen LogP contribution >= 0.6 is 24.0 Å². The molecule has 0 amide bonds. The lowest BCUT2D eigenvalue weighted by atomic mass is 9.88. The highest BCUT2D eigenvalue weighted by Crippen LogP contribution is 2.26. The number of hydrogen-bond donors (Lipinski definition) is 2. The Kier molecular flexibility index (Phi) is 9.78. The summed E-state index contributed by atoms with van der Waals surface area (Å²) in [6.07, 6.45) is -2.93. The van der Waals surface area contributed by atoms with Gasteiger partial charge in [0.1, 0.15) is 5.75 Å². The van der Waals surface area contributed by atoms with Crippen molar-refractivity contribution in [1.29, 1.82) is 0 Å². The van der Waals surface area contributed by atoms with Crippen molar-refractivity contribution in [3.8, 4) is 5.75 Å². The molecule has 28 heavy (non-hydrogen) atoms. The number of hydrogen-bond acceptors (Lipinski definition) is 4. The number of para-hydroxylation sites is 1. The highest BCUT2D eigenvalue weighted by Gasteiger charge is 2.35. The van der Waals surface area contributed by atoms with Gasteiger partial charge in [-0.2, -0.15) is 0 Å². The minimum atomic E-state index is -4.73. The molecule has 1 aliphatic rings. The van der Waals surface area contributed by atoms with Crippen LogP contribution in [0.5, 0.6) is 5.75 Å². The zero-order valence-electron chi connectivity index (χ0n) is 16.3. The summed E-state index contributed by atoms with van der Waals surface area (Å²) < 4.78 is 47.2. The Hall–Kier alpha value is -1.27. The van der Waals surface area contributed by atoms with E-state index in [1.807, 2.05) is 14.1 Å². The Morgan fingerprint density at radius 1 is 1.21 bits per heavy atom. The van der Waals surface area contributed by atoms with Gasteiger partial charge in [-0.15, -0.1) is 37.1 Å². The van der Waals surface area contributed by atoms with Gasteiger partial charge in [-0.1, -0.05) is 18.2 Å². The van der Waals surface area contributed by atoms with Gasteiger partial charge in [0.2, 0.25) is 0 Å². The largest absolute Gasteiger partial charge is 0.573 e. The van der Waals surface area contributed by atoms with Crippen molar-refractivity contribution < 1.29 is 22.6 Å². The summed E-state index contributed by atoms with van der Waals surface area (Å²) in [5, 5.41) is 6.33. The summed E-state index contributed by atoms with van der Waals surface area (Å²) in [6.45, 7) is 2.22. The fraction of sp³-hybridized carbons (Fsp3) is 0.611. The lowest BCUT2D eigenvalue weighted by Gasteiger charge is -2.43. The van der Waals surface area contributed by atoms with E-state index >= 15 is 0 Å². The molecule has 2 N–H and O–H groups in total. The number of nitrogens with zero attached hydrogens (tertiary/aromatic N) is 2. The first kappa shape index (κ1) is 24.8. The van der Waals surface area contributed by atoms with Crippen molar-refractivity contribution in [1.82, 2.24) is 15.5 Å². The van der Waals surface area contributed by atoms with Crippen LogP contribution in [0, 0.1) is 0 Å². The van der Waals surface area contributed by atoms with Gasteiger partial charge in [0.25, 0.3) is 0 Å². The van der Waals surface area contributed by atoms with E-state index in [0.717, 1.165) is 12.8 Å². The molecule has 0 aliphatic carbocycles. The fourth-order valence-electron chi connectivity index (χ4n) is 3.06. The summed E-state index contributed by atoms with van der Waals surface area (Å²) >= 11 is 0. The third kappa shape index (κ3) is 7.28. The molecule has 6 nitrogen and oxygen atoms in total. The zero-order chi connectivity index (χ0) is 19.9. The molecule has 0 radical (unpaired) electrons. The number of rotatable bonds is 6. The Morgan fingerprint density at radius 3 is 2.43 bits per heavy atom. The molecular weight excluding hydrogens is 488 g/mol. The van der Waals surface area contributed by atoms with Gasteiger partial charge in [-0.3, -0.25) is 4.99 Å². The molecule has 1 aromatic rings. The number of likely N-dealkylation sites (N-methyl/N-ethyl adjacent to an activating group) is 1. The van der Waals surface area contributed by atoms with E-state index in [-0.39, 0.29) is 41.8 Å². The monoisotopic (exact) mass is 516 g/mol. The van der Waals surface area contributed by atoms with Crippen LogP contribution in [0.4, 0.5) is 13.2 Å². The average molecular weight is 516 g/mol. The number of aliphatic imine (C=N–C) groups is 1. The summed E-state index contributed by atoms with van der Waals surface area (Å²) in [4.78, 5) is 6.35. The Morgan fingerprint density at radius 2 is 1.86 bits per heavy atom. The van der Waals surface area contributed by atoms with E-state index < -0.39 is 6.36 Å². The fourth-order valence-corrected chi connectivity index (χ4v) is 3.06. The summed E-state index contributed by atoms with van der Waals surface area (Å²) in [7, 11) is 5.70. The van der Waals surface area contributed by atoms with Crippen LogP contribution in [-0.2, 0) is 11.3 Å². The van der Waals surface area contributed by atoms with Crippen LogP contribution in [0.3, 0.4) is 0 Å². The number of nitrogens with one attached hydrogen (secondary N) is 2. The van der Waals surface area contributed by atoms with E-state index in [0.29, 0.717) is 31.3 Å². The summed E-state index contributed by atoms with van der Waals surface area (Å²) in [5.74, 6) is 0.298. The maximum absolute atomic E-state index is 12.5. The standard InChI is InChI=1S/C18H27F3N4O2.HI/c1-22-16(24-13-17(25(2)3)8-10-26-11-9-17)23-12-14-6-4-5-7-15(14)27-18(19,20)21;/h4-7H,8-13H2,1-3H3,(H2,22,23,24);1H. The predicted molar refractivity (Wildman–Crippen MR) is 113 cm³/mol. The van der Waals surface area contributed by atoms with Gasteiger partial charge in [0, 0.05) is 44.5 Å². The normalized spacial score (nSPS) is 17.0. The van der Waals surface area contributed by atoms with Crippen LogP contribution in [0.25, 0.3) is 0 Å². The van der Waals surface area contributed by atoms with Crippen molar-refractivity contribution in [3.63, 3.8) is 0 Å². The number of alkyl halides is 3. The first-order valence-electron chi connectivity index (χ1n) is 8.79. The number of ether oxygens (including phenoxy) is 2. The molecule has 1 saturated heterocycles. The SMILES string of the molecule is CN=C(NCc1ccccc1OC(F)(F)F)NCC1(N(C)C)CCOCC1.I. The van der Waals surface area contributed by atoms with Crippen molar-refractivity contribution in [2.24, 2.45) is 4.99 Å². The van der Waals surface area contributed by atoms with Crippen molar-refractivity contribution in [3.05, 3.63) is 29.8 Å². The van der Waals surface area contributed by atoms with Gasteiger partial charge >= 0.3 is 6.36 Å². The number of benzene rings is 1. The van der Waals surface area contributed by atoms with Gasteiger partial charge in [-0.05, 0) is 33.0 Å². The van der Waals surface area contributed by atoms with Crippen molar-refractivity contribution in [2.45, 2.75) is 31.3 Å². The van der Waals surface area contributed by atoms with Crippen molar-refractivity contribution in [2.75, 3.05) is 40.9 Å². The van der Waals surface area contributed by atoms with Crippen LogP contribution in [0.2, 0.25) is 0 Å². The quantitative estimate of drug-likeness (QED) is 0.346. The Balaban J connectivity index is 0.00000392. The third-order valence-electron chi connectivity index (χ3n) is 4.83. The molecule has 1 aromatic carbocycles. The highest BCUT2D eigenvalue weighted by atomic mass is 127. The maximum atomic E-state index is 12.5. The number of guanidine groups is 1. The molecule has 0 aromatic heterocycles. The first-order chi connectivity index (χ1) is 12.8. The van der Waals surface area contributed by atoms with E-state index in [2.05, 4.69) is 25.3 Å². The Labute approximate surface area is 180 Å². The highest BCUT2D eigenvalue weighted by molar-refractivity contribution is 14.0. The minimum Gasteiger partial charge on any atom is -0.405 e. The third-order valence-corrected chi connectivity index (χ3v) is 4.83. The molecule has 1 aliphatic heterocycles. The molecule has 10 heteroatoms. The van der Waals surface area contributed by atoms with E-state index in [4.69, 9.17) is 4.74 Å². The van der Waals surface area contributed by atoms with E-state index in [9.17, 15) is 13.2 Å². The smallest absolute Gasteiger partial charge is 0.405 e.